The van der Waals surface area contributed by atoms with Gasteiger partial charge in [-0.2, -0.15) is 0 Å². The molecular formula is C12H16ClN3O. The van der Waals surface area contributed by atoms with Crippen LogP contribution in [0.3, 0.4) is 0 Å². The largest absolute Gasteiger partial charge is 0.370 e. The topological polar surface area (TPSA) is 67.5 Å². The Morgan fingerprint density at radius 3 is 2.71 bits per heavy atom. The van der Waals surface area contributed by atoms with Gasteiger partial charge in [-0.15, -0.1) is 0 Å². The van der Waals surface area contributed by atoms with E-state index in [1.54, 1.807) is 13.0 Å². The highest BCUT2D eigenvalue weighted by molar-refractivity contribution is 6.31. The molecule has 0 aromatic heterocycles. The molecule has 17 heavy (non-hydrogen) atoms. The van der Waals surface area contributed by atoms with Crippen LogP contribution in [0.15, 0.2) is 23.2 Å². The van der Waals surface area contributed by atoms with Crippen LogP contribution in [-0.4, -0.2) is 18.9 Å². The molecule has 0 fully saturated rings. The second-order valence-electron chi connectivity index (χ2n) is 3.79. The van der Waals surface area contributed by atoms with E-state index in [2.05, 4.69) is 10.3 Å². The molecule has 0 heterocycles. The first-order valence-corrected chi connectivity index (χ1v) is 5.63. The van der Waals surface area contributed by atoms with Gasteiger partial charge < -0.3 is 5.73 Å². The number of nitrogens with zero attached hydrogens (tertiary/aromatic N) is 1. The predicted molar refractivity (Wildman–Crippen MR) is 70.3 cm³/mol. The maximum Gasteiger partial charge on any atom is 0.233 e. The third-order valence-corrected chi connectivity index (χ3v) is 2.92. The van der Waals surface area contributed by atoms with Crippen molar-refractivity contribution < 1.29 is 4.79 Å². The summed E-state index contributed by atoms with van der Waals surface area (Å²) in [7, 11) is 1.51. The van der Waals surface area contributed by atoms with E-state index in [9.17, 15) is 4.79 Å². The number of nitrogens with two attached hydrogens (primary N) is 1. The normalized spacial score (nSPS) is 13.3. The summed E-state index contributed by atoms with van der Waals surface area (Å²) in [6.45, 7) is 3.70. The zero-order chi connectivity index (χ0) is 13.0. The van der Waals surface area contributed by atoms with Crippen LogP contribution in [0.2, 0.25) is 5.02 Å². The molecule has 3 N–H and O–H groups in total. The number of aryl methyl sites for hydroxylation is 1. The number of carbonyl (C=O) groups is 1. The second kappa shape index (κ2) is 5.68. The summed E-state index contributed by atoms with van der Waals surface area (Å²) < 4.78 is 0. The summed E-state index contributed by atoms with van der Waals surface area (Å²) in [5.41, 5.74) is 7.25. The molecule has 0 saturated heterocycles. The molecule has 0 radical (unpaired) electrons. The Kier molecular flexibility index (Phi) is 4.52. The molecule has 92 valence electrons. The highest BCUT2D eigenvalue weighted by Gasteiger charge is 2.20. The zero-order valence-corrected chi connectivity index (χ0v) is 10.9. The molecule has 0 aliphatic heterocycles. The van der Waals surface area contributed by atoms with Gasteiger partial charge in [0.05, 0.1) is 5.92 Å². The maximum absolute atomic E-state index is 11.9. The summed E-state index contributed by atoms with van der Waals surface area (Å²) in [6.07, 6.45) is 0. The maximum atomic E-state index is 11.9. The van der Waals surface area contributed by atoms with Crippen molar-refractivity contribution in [3.63, 3.8) is 0 Å². The first kappa shape index (κ1) is 13.5. The Morgan fingerprint density at radius 1 is 1.53 bits per heavy atom. The van der Waals surface area contributed by atoms with Crippen molar-refractivity contribution in [2.45, 2.75) is 19.8 Å². The first-order chi connectivity index (χ1) is 7.97. The van der Waals surface area contributed by atoms with E-state index in [-0.39, 0.29) is 17.8 Å². The van der Waals surface area contributed by atoms with Crippen LogP contribution in [0.4, 0.5) is 0 Å². The van der Waals surface area contributed by atoms with E-state index in [1.807, 2.05) is 19.1 Å². The van der Waals surface area contributed by atoms with Crippen LogP contribution < -0.4 is 11.1 Å². The quantitative estimate of drug-likeness (QED) is 0.624. The zero-order valence-electron chi connectivity index (χ0n) is 10.1. The summed E-state index contributed by atoms with van der Waals surface area (Å²) in [6, 6.07) is 5.54. The fraction of sp³-hybridized carbons (Fsp3) is 0.333. The fourth-order valence-electron chi connectivity index (χ4n) is 1.61. The van der Waals surface area contributed by atoms with Gasteiger partial charge in [0.25, 0.3) is 0 Å². The standard InChI is InChI=1S/C12H16ClN3O/c1-7-5-4-6-9(13)10(7)8(2)11(17)16-12(14)15-3/h4-6,8H,1-3H3,(H3,14,15,16,17). The van der Waals surface area contributed by atoms with E-state index in [0.717, 1.165) is 11.1 Å². The Hall–Kier alpha value is -1.55. The molecule has 1 atom stereocenters. The Labute approximate surface area is 106 Å². The summed E-state index contributed by atoms with van der Waals surface area (Å²) in [5.74, 6) is -0.486. The third kappa shape index (κ3) is 3.20. The van der Waals surface area contributed by atoms with Crippen molar-refractivity contribution in [1.82, 2.24) is 5.32 Å². The number of benzene rings is 1. The number of carbonyl (C=O) groups excluding carboxylic acids is 1. The van der Waals surface area contributed by atoms with E-state index in [1.165, 1.54) is 7.05 Å². The van der Waals surface area contributed by atoms with Gasteiger partial charge in [-0.05, 0) is 31.0 Å². The summed E-state index contributed by atoms with van der Waals surface area (Å²) in [4.78, 5) is 15.6. The highest BCUT2D eigenvalue weighted by atomic mass is 35.5. The van der Waals surface area contributed by atoms with Gasteiger partial charge in [-0.25, -0.2) is 0 Å². The van der Waals surface area contributed by atoms with Gasteiger partial charge >= 0.3 is 0 Å². The molecular weight excluding hydrogens is 238 g/mol. The molecule has 0 aliphatic rings. The number of rotatable bonds is 2. The molecule has 0 aliphatic carbocycles. The average Bonchev–Trinajstić information content (AvgIpc) is 2.28. The molecule has 4 nitrogen and oxygen atoms in total. The van der Waals surface area contributed by atoms with E-state index >= 15 is 0 Å². The van der Waals surface area contributed by atoms with Gasteiger partial charge in [0.1, 0.15) is 0 Å². The Bertz CT molecular complexity index is 437. The van der Waals surface area contributed by atoms with Crippen LogP contribution in [0.25, 0.3) is 0 Å². The molecule has 0 spiro atoms. The number of amides is 1. The molecule has 0 bridgehead atoms. The summed E-state index contributed by atoms with van der Waals surface area (Å²) in [5, 5.41) is 3.10. The van der Waals surface area contributed by atoms with Crippen LogP contribution >= 0.6 is 11.6 Å². The van der Waals surface area contributed by atoms with Crippen LogP contribution in [0.1, 0.15) is 24.0 Å². The molecule has 1 unspecified atom stereocenters. The van der Waals surface area contributed by atoms with E-state index in [4.69, 9.17) is 17.3 Å². The number of guanidine groups is 1. The van der Waals surface area contributed by atoms with Crippen LogP contribution in [0, 0.1) is 6.92 Å². The fourth-order valence-corrected chi connectivity index (χ4v) is 2.00. The van der Waals surface area contributed by atoms with Crippen molar-refractivity contribution in [2.24, 2.45) is 10.7 Å². The minimum absolute atomic E-state index is 0.103. The lowest BCUT2D eigenvalue weighted by Gasteiger charge is -2.15. The molecule has 1 rings (SSSR count). The first-order valence-electron chi connectivity index (χ1n) is 5.25. The predicted octanol–water partition coefficient (Wildman–Crippen LogP) is 1.81. The van der Waals surface area contributed by atoms with Crippen molar-refractivity contribution in [1.29, 1.82) is 0 Å². The highest BCUT2D eigenvalue weighted by Crippen LogP contribution is 2.27. The minimum Gasteiger partial charge on any atom is -0.370 e. The molecule has 0 saturated carbocycles. The lowest BCUT2D eigenvalue weighted by atomic mass is 9.95. The Balaban J connectivity index is 2.97. The second-order valence-corrected chi connectivity index (χ2v) is 4.20. The van der Waals surface area contributed by atoms with Gasteiger partial charge in [-0.1, -0.05) is 23.7 Å². The van der Waals surface area contributed by atoms with Crippen LogP contribution in [-0.2, 0) is 4.79 Å². The van der Waals surface area contributed by atoms with Gasteiger partial charge in [0.15, 0.2) is 5.96 Å². The number of halogens is 1. The lowest BCUT2D eigenvalue weighted by Crippen LogP contribution is -2.39. The average molecular weight is 254 g/mol. The number of aliphatic imine (C=N–C) groups is 1. The number of hydrogen-bond donors (Lipinski definition) is 2. The smallest absolute Gasteiger partial charge is 0.233 e. The molecule has 1 aromatic rings. The Morgan fingerprint density at radius 2 is 2.18 bits per heavy atom. The van der Waals surface area contributed by atoms with E-state index < -0.39 is 0 Å². The monoisotopic (exact) mass is 253 g/mol. The SMILES string of the molecule is CN=C(N)NC(=O)C(C)c1c(C)cccc1Cl. The lowest BCUT2D eigenvalue weighted by molar-refractivity contribution is -0.120. The van der Waals surface area contributed by atoms with Gasteiger partial charge in [0.2, 0.25) is 5.91 Å². The van der Waals surface area contributed by atoms with E-state index in [0.29, 0.717) is 5.02 Å². The van der Waals surface area contributed by atoms with Gasteiger partial charge in [0, 0.05) is 12.1 Å². The van der Waals surface area contributed by atoms with Crippen molar-refractivity contribution >= 4 is 23.5 Å². The van der Waals surface area contributed by atoms with Crippen LogP contribution in [0.5, 0.6) is 0 Å². The van der Waals surface area contributed by atoms with Crippen molar-refractivity contribution in [3.05, 3.63) is 34.3 Å². The minimum atomic E-state index is -0.371. The van der Waals surface area contributed by atoms with Gasteiger partial charge in [-0.3, -0.25) is 15.1 Å². The molecule has 5 heteroatoms. The number of hydrogen-bond acceptors (Lipinski definition) is 2. The van der Waals surface area contributed by atoms with Crippen molar-refractivity contribution in [2.75, 3.05) is 7.05 Å². The molecule has 1 amide bonds. The molecule has 1 aromatic carbocycles. The summed E-state index contributed by atoms with van der Waals surface area (Å²) >= 11 is 6.10. The third-order valence-electron chi connectivity index (χ3n) is 2.59. The van der Waals surface area contributed by atoms with Crippen molar-refractivity contribution in [3.8, 4) is 0 Å². The number of nitrogens with one attached hydrogen (secondary N) is 1.